The van der Waals surface area contributed by atoms with Crippen LogP contribution >= 0.6 is 11.3 Å². The van der Waals surface area contributed by atoms with Crippen LogP contribution in [0.15, 0.2) is 48.5 Å². The van der Waals surface area contributed by atoms with Crippen LogP contribution in [0.1, 0.15) is 15.2 Å². The fraction of sp³-hybridized carbons (Fsp3) is 0.0526. The van der Waals surface area contributed by atoms with E-state index < -0.39 is 0 Å². The van der Waals surface area contributed by atoms with E-state index >= 15 is 0 Å². The minimum atomic E-state index is -0.0840. The summed E-state index contributed by atoms with van der Waals surface area (Å²) in [7, 11) is 0. The number of hydrogen-bond donors (Lipinski definition) is 1. The maximum atomic E-state index is 12.8. The number of carbonyl (C=O) groups excluding carboxylic acids is 1. The van der Waals surface area contributed by atoms with E-state index in [1.165, 1.54) is 11.3 Å². The molecule has 0 radical (unpaired) electrons. The van der Waals surface area contributed by atoms with Gasteiger partial charge in [0.2, 0.25) is 12.6 Å². The number of aromatic nitrogens is 1. The lowest BCUT2D eigenvalue weighted by Crippen LogP contribution is -2.01. The van der Waals surface area contributed by atoms with Crippen molar-refractivity contribution in [3.8, 4) is 11.5 Å². The first-order valence-electron chi connectivity index (χ1n) is 7.73. The number of rotatable bonds is 2. The minimum absolute atomic E-state index is 0.0840. The van der Waals surface area contributed by atoms with Gasteiger partial charge in [-0.1, -0.05) is 30.3 Å². The third-order valence-electron chi connectivity index (χ3n) is 4.25. The van der Waals surface area contributed by atoms with Crippen LogP contribution in [0.25, 0.3) is 21.1 Å². The smallest absolute Gasteiger partial charge is 0.231 e. The van der Waals surface area contributed by atoms with Gasteiger partial charge in [-0.15, -0.1) is 11.3 Å². The third kappa shape index (κ3) is 2.15. The zero-order valence-electron chi connectivity index (χ0n) is 13.0. The molecular formula is C19H12N2O3S. The van der Waals surface area contributed by atoms with E-state index in [1.807, 2.05) is 36.4 Å². The van der Waals surface area contributed by atoms with E-state index in [0.29, 0.717) is 27.6 Å². The van der Waals surface area contributed by atoms with Crippen molar-refractivity contribution in [3.05, 3.63) is 59.0 Å². The molecule has 3 heterocycles. The maximum Gasteiger partial charge on any atom is 0.231 e. The largest absolute Gasteiger partial charge is 0.454 e. The highest BCUT2D eigenvalue weighted by atomic mass is 32.1. The first-order chi connectivity index (χ1) is 12.2. The first kappa shape index (κ1) is 14.2. The summed E-state index contributed by atoms with van der Waals surface area (Å²) in [4.78, 5) is 18.7. The normalized spacial score (nSPS) is 12.8. The summed E-state index contributed by atoms with van der Waals surface area (Å²) >= 11 is 1.32. The molecule has 1 aliphatic heterocycles. The number of nitrogen functional groups attached to an aromatic ring is 1. The van der Waals surface area contributed by atoms with Crippen LogP contribution in [0, 0.1) is 0 Å². The average Bonchev–Trinajstić information content (AvgIpc) is 3.22. The molecule has 6 heteroatoms. The monoisotopic (exact) mass is 348 g/mol. The summed E-state index contributed by atoms with van der Waals surface area (Å²) in [6, 6.07) is 14.8. The van der Waals surface area contributed by atoms with Gasteiger partial charge >= 0.3 is 0 Å². The van der Waals surface area contributed by atoms with Crippen molar-refractivity contribution in [1.29, 1.82) is 0 Å². The Bertz CT molecular complexity index is 1150. The fourth-order valence-electron chi connectivity index (χ4n) is 2.98. The van der Waals surface area contributed by atoms with Gasteiger partial charge in [0.15, 0.2) is 11.5 Å². The maximum absolute atomic E-state index is 12.8. The number of nitrogens with zero attached hydrogens (tertiary/aromatic N) is 1. The van der Waals surface area contributed by atoms with E-state index in [2.05, 4.69) is 4.98 Å². The van der Waals surface area contributed by atoms with Gasteiger partial charge in [0.05, 0.1) is 11.2 Å². The highest BCUT2D eigenvalue weighted by molar-refractivity contribution is 7.21. The van der Waals surface area contributed by atoms with Crippen molar-refractivity contribution in [1.82, 2.24) is 4.98 Å². The van der Waals surface area contributed by atoms with Crippen LogP contribution in [0.5, 0.6) is 11.5 Å². The van der Waals surface area contributed by atoms with Gasteiger partial charge < -0.3 is 15.2 Å². The number of anilines is 1. The molecule has 0 bridgehead atoms. The number of hydrogen-bond acceptors (Lipinski definition) is 6. The zero-order valence-corrected chi connectivity index (χ0v) is 13.8. The number of thiophene rings is 1. The Morgan fingerprint density at radius 2 is 1.84 bits per heavy atom. The van der Waals surface area contributed by atoms with E-state index in [4.69, 9.17) is 15.2 Å². The molecule has 0 aliphatic carbocycles. The van der Waals surface area contributed by atoms with Gasteiger partial charge in [-0.25, -0.2) is 4.98 Å². The number of fused-ring (bicyclic) bond motifs is 3. The molecule has 2 N–H and O–H groups in total. The molecule has 0 fully saturated rings. The SMILES string of the molecule is Nc1c(C(=O)c2ccccc2)sc2nc3cc4c(cc3cc12)OCO4. The van der Waals surface area contributed by atoms with Crippen LogP contribution in [0.3, 0.4) is 0 Å². The average molecular weight is 348 g/mol. The van der Waals surface area contributed by atoms with Crippen molar-refractivity contribution < 1.29 is 14.3 Å². The van der Waals surface area contributed by atoms with Crippen LogP contribution in [0.2, 0.25) is 0 Å². The summed E-state index contributed by atoms with van der Waals surface area (Å²) in [5, 5.41) is 1.69. The Kier molecular flexibility index (Phi) is 2.96. The van der Waals surface area contributed by atoms with E-state index in [9.17, 15) is 4.79 Å². The molecule has 5 rings (SSSR count). The van der Waals surface area contributed by atoms with Gasteiger partial charge in [0.25, 0.3) is 0 Å². The van der Waals surface area contributed by atoms with Gasteiger partial charge in [-0.05, 0) is 12.1 Å². The molecule has 122 valence electrons. The van der Waals surface area contributed by atoms with Crippen LogP contribution in [-0.4, -0.2) is 17.6 Å². The number of pyridine rings is 1. The van der Waals surface area contributed by atoms with Crippen molar-refractivity contribution in [3.63, 3.8) is 0 Å². The number of ether oxygens (including phenoxy) is 2. The molecule has 2 aromatic carbocycles. The van der Waals surface area contributed by atoms with Crippen LogP contribution < -0.4 is 15.2 Å². The highest BCUT2D eigenvalue weighted by Crippen LogP contribution is 2.40. The van der Waals surface area contributed by atoms with Crippen LogP contribution in [-0.2, 0) is 0 Å². The standard InChI is InChI=1S/C19H12N2O3S/c20-16-12-6-11-7-14-15(24-9-23-14)8-13(11)21-19(12)25-18(16)17(22)10-4-2-1-3-5-10/h1-8H,9,20H2. The fourth-order valence-corrected chi connectivity index (χ4v) is 4.03. The molecule has 0 amide bonds. The number of carbonyl (C=O) groups is 1. The van der Waals surface area contributed by atoms with Crippen LogP contribution in [0.4, 0.5) is 5.69 Å². The molecule has 0 spiro atoms. The Balaban J connectivity index is 1.71. The third-order valence-corrected chi connectivity index (χ3v) is 5.36. The summed E-state index contributed by atoms with van der Waals surface area (Å²) < 4.78 is 10.8. The second-order valence-corrected chi connectivity index (χ2v) is 6.78. The number of benzene rings is 2. The summed E-state index contributed by atoms with van der Waals surface area (Å²) in [6.45, 7) is 0.220. The lowest BCUT2D eigenvalue weighted by atomic mass is 10.1. The number of ketones is 1. The predicted molar refractivity (Wildman–Crippen MR) is 97.5 cm³/mol. The second-order valence-electron chi connectivity index (χ2n) is 5.78. The first-order valence-corrected chi connectivity index (χ1v) is 8.54. The van der Waals surface area contributed by atoms with Gasteiger partial charge in [0, 0.05) is 22.4 Å². The zero-order chi connectivity index (χ0) is 17.0. The summed E-state index contributed by atoms with van der Waals surface area (Å²) in [6.07, 6.45) is 0. The van der Waals surface area contributed by atoms with E-state index in [0.717, 1.165) is 21.1 Å². The summed E-state index contributed by atoms with van der Waals surface area (Å²) in [5.74, 6) is 1.30. The molecule has 1 aliphatic rings. The molecule has 2 aromatic heterocycles. The molecule has 5 nitrogen and oxygen atoms in total. The molecule has 0 saturated heterocycles. The van der Waals surface area contributed by atoms with Crippen molar-refractivity contribution in [2.75, 3.05) is 12.5 Å². The lowest BCUT2D eigenvalue weighted by Gasteiger charge is -2.01. The molecule has 0 unspecified atom stereocenters. The Morgan fingerprint density at radius 3 is 2.64 bits per heavy atom. The van der Waals surface area contributed by atoms with Crippen molar-refractivity contribution >= 4 is 43.9 Å². The Hall–Kier alpha value is -3.12. The highest BCUT2D eigenvalue weighted by Gasteiger charge is 2.20. The molecule has 4 aromatic rings. The second kappa shape index (κ2) is 5.19. The van der Waals surface area contributed by atoms with Gasteiger partial charge in [-0.3, -0.25) is 4.79 Å². The van der Waals surface area contributed by atoms with E-state index in [-0.39, 0.29) is 12.6 Å². The Labute approximate surface area is 146 Å². The minimum Gasteiger partial charge on any atom is -0.454 e. The van der Waals surface area contributed by atoms with Gasteiger partial charge in [0.1, 0.15) is 9.71 Å². The molecule has 0 saturated carbocycles. The molecular weight excluding hydrogens is 336 g/mol. The summed E-state index contributed by atoms with van der Waals surface area (Å²) in [5.41, 5.74) is 8.15. The lowest BCUT2D eigenvalue weighted by molar-refractivity contribution is 0.104. The predicted octanol–water partition coefficient (Wildman–Crippen LogP) is 3.99. The van der Waals surface area contributed by atoms with Crippen molar-refractivity contribution in [2.45, 2.75) is 0 Å². The Morgan fingerprint density at radius 1 is 1.08 bits per heavy atom. The molecule has 0 atom stereocenters. The van der Waals surface area contributed by atoms with Crippen molar-refractivity contribution in [2.24, 2.45) is 0 Å². The number of nitrogens with two attached hydrogens (primary N) is 1. The van der Waals surface area contributed by atoms with Gasteiger partial charge in [-0.2, -0.15) is 0 Å². The quantitative estimate of drug-likeness (QED) is 0.554. The molecule has 25 heavy (non-hydrogen) atoms. The topological polar surface area (TPSA) is 74.4 Å². The van der Waals surface area contributed by atoms with E-state index in [1.54, 1.807) is 12.1 Å².